The van der Waals surface area contributed by atoms with E-state index in [-0.39, 0.29) is 29.9 Å². The Labute approximate surface area is 157 Å². The Morgan fingerprint density at radius 3 is 2.62 bits per heavy atom. The van der Waals surface area contributed by atoms with Crippen molar-refractivity contribution in [1.82, 2.24) is 25.0 Å². The van der Waals surface area contributed by atoms with Crippen molar-refractivity contribution in [3.05, 3.63) is 47.0 Å². The molecule has 9 heteroatoms. The molecule has 3 rings (SSSR count). The van der Waals surface area contributed by atoms with Crippen LogP contribution in [0, 0.1) is 11.6 Å². The summed E-state index contributed by atoms with van der Waals surface area (Å²) in [7, 11) is 5.88. The molecular formula is C17H22ClF2N5O. The van der Waals surface area contributed by atoms with Gasteiger partial charge >= 0.3 is 0 Å². The van der Waals surface area contributed by atoms with Crippen LogP contribution in [-0.2, 0) is 13.6 Å². The van der Waals surface area contributed by atoms with E-state index in [1.165, 1.54) is 0 Å². The Bertz CT molecular complexity index is 789. The number of aromatic nitrogens is 3. The second-order valence-electron chi connectivity index (χ2n) is 6.73. The molecule has 1 saturated carbocycles. The minimum absolute atomic E-state index is 0. The van der Waals surface area contributed by atoms with Crippen LogP contribution < -0.4 is 5.32 Å². The Kier molecular flexibility index (Phi) is 6.30. The highest BCUT2D eigenvalue weighted by molar-refractivity contribution is 5.94. The number of nitrogens with one attached hydrogen (secondary N) is 1. The molecule has 2 aromatic rings. The van der Waals surface area contributed by atoms with E-state index in [9.17, 15) is 13.6 Å². The summed E-state index contributed by atoms with van der Waals surface area (Å²) in [5.41, 5.74) is -0.142. The number of hydrogen-bond donors (Lipinski definition) is 1. The van der Waals surface area contributed by atoms with Crippen LogP contribution in [0.15, 0.2) is 18.2 Å². The molecule has 1 amide bonds. The summed E-state index contributed by atoms with van der Waals surface area (Å²) in [6.45, 7) is 0.709. The van der Waals surface area contributed by atoms with Gasteiger partial charge in [-0.2, -0.15) is 0 Å². The van der Waals surface area contributed by atoms with Gasteiger partial charge in [0, 0.05) is 25.1 Å². The molecule has 1 fully saturated rings. The van der Waals surface area contributed by atoms with Crippen molar-refractivity contribution in [2.75, 3.05) is 14.1 Å². The molecular weight excluding hydrogens is 364 g/mol. The van der Waals surface area contributed by atoms with Gasteiger partial charge < -0.3 is 14.8 Å². The minimum Gasteiger partial charge on any atom is -0.349 e. The first-order valence-electron chi connectivity index (χ1n) is 8.14. The molecule has 1 aromatic heterocycles. The summed E-state index contributed by atoms with van der Waals surface area (Å²) in [5, 5.41) is 11.3. The molecule has 6 nitrogen and oxygen atoms in total. The molecule has 0 unspecified atom stereocenters. The summed E-state index contributed by atoms with van der Waals surface area (Å²) in [4.78, 5) is 14.1. The number of carbonyl (C=O) groups is 1. The molecule has 0 aliphatic heterocycles. The molecule has 0 atom stereocenters. The fourth-order valence-corrected chi connectivity index (χ4v) is 3.03. The van der Waals surface area contributed by atoms with Crippen LogP contribution in [0.3, 0.4) is 0 Å². The van der Waals surface area contributed by atoms with Crippen LogP contribution in [0.25, 0.3) is 0 Å². The number of amides is 1. The van der Waals surface area contributed by atoms with E-state index in [2.05, 4.69) is 15.5 Å². The summed E-state index contributed by atoms with van der Waals surface area (Å²) in [6, 6.07) is 2.90. The lowest BCUT2D eigenvalue weighted by Crippen LogP contribution is -2.44. The lowest BCUT2D eigenvalue weighted by Gasteiger charge is -2.35. The Morgan fingerprint density at radius 1 is 1.31 bits per heavy atom. The molecule has 1 aliphatic rings. The Morgan fingerprint density at radius 2 is 2.00 bits per heavy atom. The third-order valence-corrected chi connectivity index (χ3v) is 4.47. The monoisotopic (exact) mass is 385 g/mol. The van der Waals surface area contributed by atoms with Crippen molar-refractivity contribution >= 4 is 18.3 Å². The van der Waals surface area contributed by atoms with Gasteiger partial charge in [0.05, 0.1) is 12.1 Å². The number of halogens is 3. The fourth-order valence-electron chi connectivity index (χ4n) is 3.03. The highest BCUT2D eigenvalue weighted by atomic mass is 35.5. The van der Waals surface area contributed by atoms with Crippen LogP contribution in [0.5, 0.6) is 0 Å². The zero-order valence-corrected chi connectivity index (χ0v) is 15.7. The molecule has 1 aliphatic carbocycles. The van der Waals surface area contributed by atoms with E-state index in [0.29, 0.717) is 12.6 Å². The number of nitrogens with zero attached hydrogens (tertiary/aromatic N) is 4. The second kappa shape index (κ2) is 8.09. The predicted molar refractivity (Wildman–Crippen MR) is 95.2 cm³/mol. The van der Waals surface area contributed by atoms with Gasteiger partial charge in [0.15, 0.2) is 0 Å². The lowest BCUT2D eigenvalue weighted by molar-refractivity contribution is 0.0902. The quantitative estimate of drug-likeness (QED) is 0.857. The van der Waals surface area contributed by atoms with Gasteiger partial charge in [0.2, 0.25) is 0 Å². The topological polar surface area (TPSA) is 63.1 Å². The zero-order chi connectivity index (χ0) is 18.1. The van der Waals surface area contributed by atoms with E-state index in [1.807, 2.05) is 30.6 Å². The first-order valence-corrected chi connectivity index (χ1v) is 8.14. The van der Waals surface area contributed by atoms with Crippen molar-refractivity contribution in [1.29, 1.82) is 0 Å². The molecule has 26 heavy (non-hydrogen) atoms. The van der Waals surface area contributed by atoms with Gasteiger partial charge in [0.1, 0.15) is 23.3 Å². The zero-order valence-electron chi connectivity index (χ0n) is 14.9. The number of carbonyl (C=O) groups excluding carboxylic acids is 1. The van der Waals surface area contributed by atoms with Crippen molar-refractivity contribution in [3.8, 4) is 0 Å². The first kappa shape index (κ1) is 20.3. The van der Waals surface area contributed by atoms with Crippen LogP contribution in [0.2, 0.25) is 0 Å². The SMILES string of the molecule is CN(C)Cc1nnc(C2CC(NC(=O)c3ccc(F)cc3F)C2)n1C.Cl. The summed E-state index contributed by atoms with van der Waals surface area (Å²) in [5.74, 6) is -0.0660. The average Bonchev–Trinajstić information content (AvgIpc) is 2.82. The van der Waals surface area contributed by atoms with Crippen LogP contribution in [0.4, 0.5) is 8.78 Å². The fraction of sp³-hybridized carbons (Fsp3) is 0.471. The normalized spacial score (nSPS) is 19.0. The Hall–Kier alpha value is -2.06. The number of benzene rings is 1. The van der Waals surface area contributed by atoms with Crippen molar-refractivity contribution in [2.24, 2.45) is 7.05 Å². The minimum atomic E-state index is -0.852. The van der Waals surface area contributed by atoms with E-state index in [4.69, 9.17) is 0 Å². The number of hydrogen-bond acceptors (Lipinski definition) is 4. The van der Waals surface area contributed by atoms with E-state index >= 15 is 0 Å². The van der Waals surface area contributed by atoms with Gasteiger partial charge in [-0.25, -0.2) is 8.78 Å². The summed E-state index contributed by atoms with van der Waals surface area (Å²) >= 11 is 0. The maximum absolute atomic E-state index is 13.6. The third kappa shape index (κ3) is 4.19. The van der Waals surface area contributed by atoms with Gasteiger partial charge in [-0.3, -0.25) is 4.79 Å². The molecule has 0 bridgehead atoms. The van der Waals surface area contributed by atoms with Crippen LogP contribution >= 0.6 is 12.4 Å². The summed E-state index contributed by atoms with van der Waals surface area (Å²) < 4.78 is 28.6. The highest BCUT2D eigenvalue weighted by Crippen LogP contribution is 2.36. The molecule has 1 heterocycles. The first-order chi connectivity index (χ1) is 11.8. The molecule has 0 radical (unpaired) electrons. The van der Waals surface area contributed by atoms with E-state index in [1.54, 1.807) is 0 Å². The van der Waals surface area contributed by atoms with Crippen molar-refractivity contribution in [2.45, 2.75) is 31.3 Å². The maximum Gasteiger partial charge on any atom is 0.254 e. The van der Waals surface area contributed by atoms with Crippen LogP contribution in [0.1, 0.15) is 40.8 Å². The molecule has 0 saturated heterocycles. The van der Waals surface area contributed by atoms with E-state index in [0.717, 1.165) is 36.6 Å². The Balaban J connectivity index is 0.00000243. The van der Waals surface area contributed by atoms with Gasteiger partial charge in [-0.05, 0) is 39.1 Å². The van der Waals surface area contributed by atoms with Gasteiger partial charge in [-0.15, -0.1) is 22.6 Å². The molecule has 142 valence electrons. The molecule has 1 N–H and O–H groups in total. The lowest BCUT2D eigenvalue weighted by atomic mass is 9.79. The van der Waals surface area contributed by atoms with Crippen molar-refractivity contribution < 1.29 is 13.6 Å². The predicted octanol–water partition coefficient (Wildman–Crippen LogP) is 2.25. The van der Waals surface area contributed by atoms with Crippen LogP contribution in [-0.4, -0.2) is 45.7 Å². The van der Waals surface area contributed by atoms with Crippen molar-refractivity contribution in [3.63, 3.8) is 0 Å². The molecule has 0 spiro atoms. The highest BCUT2D eigenvalue weighted by Gasteiger charge is 2.35. The summed E-state index contributed by atoms with van der Waals surface area (Å²) in [6.07, 6.45) is 1.45. The van der Waals surface area contributed by atoms with Gasteiger partial charge in [0.25, 0.3) is 5.91 Å². The smallest absolute Gasteiger partial charge is 0.254 e. The van der Waals surface area contributed by atoms with E-state index < -0.39 is 17.5 Å². The number of rotatable bonds is 5. The standard InChI is InChI=1S/C17H21F2N5O.ClH/c1-23(2)9-15-21-22-16(24(15)3)10-6-12(7-10)20-17(25)13-5-4-11(18)8-14(13)19;/h4-5,8,10,12H,6-7,9H2,1-3H3,(H,20,25);1H. The average molecular weight is 386 g/mol. The second-order valence-corrected chi connectivity index (χ2v) is 6.73. The largest absolute Gasteiger partial charge is 0.349 e. The molecule has 1 aromatic carbocycles. The maximum atomic E-state index is 13.6. The van der Waals surface area contributed by atoms with Gasteiger partial charge in [-0.1, -0.05) is 0 Å². The third-order valence-electron chi connectivity index (χ3n) is 4.47.